The predicted octanol–water partition coefficient (Wildman–Crippen LogP) is 5.84. The minimum Gasteiger partial charge on any atom is -0.497 e. The highest BCUT2D eigenvalue weighted by Crippen LogP contribution is 2.55. The largest absolute Gasteiger partial charge is 0.497 e. The molecule has 0 saturated carbocycles. The summed E-state index contributed by atoms with van der Waals surface area (Å²) in [6, 6.07) is 18.4. The summed E-state index contributed by atoms with van der Waals surface area (Å²) >= 11 is 0. The van der Waals surface area contributed by atoms with Crippen LogP contribution in [-0.2, 0) is 16.0 Å². The van der Waals surface area contributed by atoms with E-state index in [1.165, 1.54) is 19.2 Å². The van der Waals surface area contributed by atoms with Crippen LogP contribution in [0, 0.1) is 17.6 Å². The van der Waals surface area contributed by atoms with Crippen LogP contribution in [0.3, 0.4) is 0 Å². The minimum absolute atomic E-state index is 0.0511. The molecule has 3 aromatic carbocycles. The van der Waals surface area contributed by atoms with Gasteiger partial charge in [-0.1, -0.05) is 24.3 Å². The topological polar surface area (TPSA) is 65.5 Å². The molecular formula is C31H23F2NO4. The number of rotatable bonds is 5. The number of carbonyl (C=O) groups is 2. The summed E-state index contributed by atoms with van der Waals surface area (Å²) in [6.07, 6.45) is 2.09. The van der Waals surface area contributed by atoms with E-state index in [1.54, 1.807) is 25.4 Å². The first-order chi connectivity index (χ1) is 18.4. The molecule has 0 saturated heterocycles. The third-order valence-corrected chi connectivity index (χ3v) is 7.65. The summed E-state index contributed by atoms with van der Waals surface area (Å²) in [4.78, 5) is 30.6. The summed E-state index contributed by atoms with van der Waals surface area (Å²) in [6.45, 7) is 0. The first-order valence-corrected chi connectivity index (χ1v) is 12.2. The number of Topliss-reactive ketones (excluding diaryl/α,β-unsaturated/α-hetero) is 1. The molecule has 7 rings (SSSR count). The van der Waals surface area contributed by atoms with Crippen molar-refractivity contribution in [2.24, 2.45) is 5.92 Å². The Bertz CT molecular complexity index is 1600. The number of benzene rings is 3. The van der Waals surface area contributed by atoms with Gasteiger partial charge in [0.25, 0.3) is 0 Å². The number of methoxy groups -OCH3 is 2. The average molecular weight is 512 g/mol. The van der Waals surface area contributed by atoms with Gasteiger partial charge in [-0.05, 0) is 76.2 Å². The molecule has 2 bridgehead atoms. The van der Waals surface area contributed by atoms with Gasteiger partial charge in [0.2, 0.25) is 0 Å². The number of pyridine rings is 1. The van der Waals surface area contributed by atoms with Gasteiger partial charge in [-0.25, -0.2) is 18.6 Å². The van der Waals surface area contributed by atoms with Crippen LogP contribution < -0.4 is 4.74 Å². The number of esters is 1. The standard InChI is InChI=1S/C31H23F2NO4/c1-37-19-7-3-16(4-8-19)11-24-28-21-9-5-17(20-10-6-18(32)13-26(20)33)12-22(21)29(30(24)35)25-15-34-27(14-23(25)28)31(36)38-2/h3-10,12-15,24,28-29H,11H2,1-2H3. The number of nitrogens with zero attached hydrogens (tertiary/aromatic N) is 1. The second-order valence-electron chi connectivity index (χ2n) is 9.63. The molecule has 0 spiro atoms. The minimum atomic E-state index is -0.667. The van der Waals surface area contributed by atoms with E-state index in [0.717, 1.165) is 39.6 Å². The molecule has 5 nitrogen and oxygen atoms in total. The van der Waals surface area contributed by atoms with Crippen LogP contribution >= 0.6 is 0 Å². The number of fused-ring (bicyclic) bond motifs is 1. The number of hydrogen-bond donors (Lipinski definition) is 0. The quantitative estimate of drug-likeness (QED) is 0.315. The van der Waals surface area contributed by atoms with Crippen molar-refractivity contribution in [1.29, 1.82) is 0 Å². The molecule has 3 aliphatic carbocycles. The van der Waals surface area contributed by atoms with Crippen LogP contribution in [0.5, 0.6) is 5.75 Å². The number of hydrogen-bond acceptors (Lipinski definition) is 5. The van der Waals surface area contributed by atoms with E-state index in [-0.39, 0.29) is 28.9 Å². The molecule has 190 valence electrons. The Hall–Kier alpha value is -4.39. The van der Waals surface area contributed by atoms with Crippen molar-refractivity contribution in [2.75, 3.05) is 14.2 Å². The fraction of sp³-hybridized carbons (Fsp3) is 0.194. The Kier molecular flexibility index (Phi) is 5.79. The monoisotopic (exact) mass is 511 g/mol. The molecule has 0 radical (unpaired) electrons. The van der Waals surface area contributed by atoms with Crippen LogP contribution in [-0.4, -0.2) is 31.0 Å². The molecule has 7 heteroatoms. The van der Waals surface area contributed by atoms with Crippen LogP contribution in [0.1, 0.15) is 50.1 Å². The molecule has 4 aromatic rings. The molecule has 0 amide bonds. The average Bonchev–Trinajstić information content (AvgIpc) is 2.93. The third-order valence-electron chi connectivity index (χ3n) is 7.65. The maximum Gasteiger partial charge on any atom is 0.356 e. The van der Waals surface area contributed by atoms with Crippen LogP contribution in [0.2, 0.25) is 0 Å². The zero-order valence-corrected chi connectivity index (χ0v) is 20.7. The SMILES string of the molecule is COC(=O)c1cc2c(cn1)C1C(=O)C(Cc3ccc(OC)cc3)C2c2ccc(-c3ccc(F)cc3F)cc21. The zero-order chi connectivity index (χ0) is 26.6. The fourth-order valence-electron chi connectivity index (χ4n) is 5.89. The molecule has 0 fully saturated rings. The van der Waals surface area contributed by atoms with Crippen molar-refractivity contribution in [3.8, 4) is 16.9 Å². The molecular weight excluding hydrogens is 488 g/mol. The lowest BCUT2D eigenvalue weighted by molar-refractivity contribution is -0.125. The van der Waals surface area contributed by atoms with Gasteiger partial charge >= 0.3 is 5.97 Å². The van der Waals surface area contributed by atoms with E-state index < -0.39 is 23.5 Å². The molecule has 38 heavy (non-hydrogen) atoms. The molecule has 1 heterocycles. The second kappa shape index (κ2) is 9.17. The molecule has 3 unspecified atom stereocenters. The Morgan fingerprint density at radius 1 is 0.895 bits per heavy atom. The second-order valence-corrected chi connectivity index (χ2v) is 9.63. The molecule has 0 N–H and O–H groups in total. The summed E-state index contributed by atoms with van der Waals surface area (Å²) in [7, 11) is 2.91. The molecule has 1 aromatic heterocycles. The lowest BCUT2D eigenvalue weighted by atomic mass is 9.57. The summed E-state index contributed by atoms with van der Waals surface area (Å²) in [5.74, 6) is -2.38. The van der Waals surface area contributed by atoms with Crippen molar-refractivity contribution >= 4 is 11.8 Å². The number of ketones is 1. The smallest absolute Gasteiger partial charge is 0.356 e. The first-order valence-electron chi connectivity index (χ1n) is 12.2. The summed E-state index contributed by atoms with van der Waals surface area (Å²) in [5, 5.41) is 0. The van der Waals surface area contributed by atoms with E-state index in [4.69, 9.17) is 9.47 Å². The molecule has 0 aliphatic heterocycles. The first kappa shape index (κ1) is 24.0. The highest BCUT2D eigenvalue weighted by molar-refractivity contribution is 5.98. The van der Waals surface area contributed by atoms with Crippen LogP contribution in [0.25, 0.3) is 11.1 Å². The van der Waals surface area contributed by atoms with Gasteiger partial charge in [0.15, 0.2) is 0 Å². The Morgan fingerprint density at radius 2 is 1.68 bits per heavy atom. The Morgan fingerprint density at radius 3 is 2.39 bits per heavy atom. The number of ether oxygens (including phenoxy) is 2. The predicted molar refractivity (Wildman–Crippen MR) is 136 cm³/mol. The van der Waals surface area contributed by atoms with Crippen molar-refractivity contribution in [3.63, 3.8) is 0 Å². The van der Waals surface area contributed by atoms with E-state index in [9.17, 15) is 18.4 Å². The van der Waals surface area contributed by atoms with Gasteiger partial charge in [-0.15, -0.1) is 0 Å². The Balaban J connectivity index is 1.49. The third kappa shape index (κ3) is 3.77. The normalized spacial score (nSPS) is 19.1. The highest BCUT2D eigenvalue weighted by Gasteiger charge is 2.49. The van der Waals surface area contributed by atoms with E-state index >= 15 is 0 Å². The van der Waals surface area contributed by atoms with Crippen LogP contribution in [0.4, 0.5) is 8.78 Å². The van der Waals surface area contributed by atoms with E-state index in [2.05, 4.69) is 4.98 Å². The maximum atomic E-state index is 14.6. The fourth-order valence-corrected chi connectivity index (χ4v) is 5.89. The van der Waals surface area contributed by atoms with Gasteiger partial charge in [0.05, 0.1) is 20.1 Å². The Labute approximate surface area is 218 Å². The molecule has 3 atom stereocenters. The number of aromatic nitrogens is 1. The highest BCUT2D eigenvalue weighted by atomic mass is 19.1. The van der Waals surface area contributed by atoms with Gasteiger partial charge in [0.1, 0.15) is 28.9 Å². The van der Waals surface area contributed by atoms with E-state index in [0.29, 0.717) is 12.0 Å². The van der Waals surface area contributed by atoms with Gasteiger partial charge in [-0.2, -0.15) is 0 Å². The lowest BCUT2D eigenvalue weighted by Crippen LogP contribution is -2.41. The summed E-state index contributed by atoms with van der Waals surface area (Å²) in [5.41, 5.74) is 5.35. The van der Waals surface area contributed by atoms with Gasteiger partial charge in [-0.3, -0.25) is 4.79 Å². The lowest BCUT2D eigenvalue weighted by Gasteiger charge is -2.44. The van der Waals surface area contributed by atoms with Crippen molar-refractivity contribution in [1.82, 2.24) is 4.98 Å². The molecule has 3 aliphatic rings. The number of carbonyl (C=O) groups excluding carboxylic acids is 2. The van der Waals surface area contributed by atoms with Crippen LogP contribution in [0.15, 0.2) is 72.9 Å². The summed E-state index contributed by atoms with van der Waals surface area (Å²) < 4.78 is 38.3. The zero-order valence-electron chi connectivity index (χ0n) is 20.7. The van der Waals surface area contributed by atoms with Crippen molar-refractivity contribution < 1.29 is 27.8 Å². The van der Waals surface area contributed by atoms with Crippen molar-refractivity contribution in [3.05, 3.63) is 118 Å². The van der Waals surface area contributed by atoms with Crippen molar-refractivity contribution in [2.45, 2.75) is 18.3 Å². The number of halogens is 2. The van der Waals surface area contributed by atoms with E-state index in [1.807, 2.05) is 36.4 Å². The van der Waals surface area contributed by atoms with Gasteiger partial charge < -0.3 is 9.47 Å². The van der Waals surface area contributed by atoms with Gasteiger partial charge in [0, 0.05) is 29.7 Å². The maximum absolute atomic E-state index is 14.6.